The van der Waals surface area contributed by atoms with Crippen LogP contribution in [0.15, 0.2) is 54.9 Å². The molecule has 0 saturated carbocycles. The van der Waals surface area contributed by atoms with E-state index in [0.29, 0.717) is 12.6 Å². The van der Waals surface area contributed by atoms with Crippen molar-refractivity contribution in [2.24, 2.45) is 5.73 Å². The number of para-hydroxylation sites is 1. The lowest BCUT2D eigenvalue weighted by atomic mass is 9.90. The van der Waals surface area contributed by atoms with Crippen molar-refractivity contribution in [1.29, 1.82) is 0 Å². The van der Waals surface area contributed by atoms with Gasteiger partial charge in [0.1, 0.15) is 0 Å². The summed E-state index contributed by atoms with van der Waals surface area (Å²) in [5.41, 5.74) is 12.4. The smallest absolute Gasteiger partial charge is 0.0786 e. The van der Waals surface area contributed by atoms with E-state index in [9.17, 15) is 0 Å². The average Bonchev–Trinajstić information content (AvgIpc) is 3.30. The molecular weight excluding hydrogens is 470 g/mol. The van der Waals surface area contributed by atoms with Gasteiger partial charge in [-0.1, -0.05) is 24.3 Å². The van der Waals surface area contributed by atoms with Crippen molar-refractivity contribution in [3.05, 3.63) is 71.8 Å². The normalized spacial score (nSPS) is 18.4. The molecule has 0 radical (unpaired) electrons. The van der Waals surface area contributed by atoms with Gasteiger partial charge in [0.05, 0.1) is 22.9 Å². The Morgan fingerprint density at radius 3 is 2.74 bits per heavy atom. The number of aromatic nitrogens is 3. The molecule has 3 N–H and O–H groups in total. The first-order valence-electron chi connectivity index (χ1n) is 14.5. The molecule has 0 amide bonds. The van der Waals surface area contributed by atoms with Gasteiger partial charge in [-0.3, -0.25) is 14.9 Å². The lowest BCUT2D eigenvalue weighted by Gasteiger charge is -2.36. The van der Waals surface area contributed by atoms with Crippen LogP contribution in [0.1, 0.15) is 48.7 Å². The molecule has 6 rings (SSSR count). The molecular formula is C31H41N7. The van der Waals surface area contributed by atoms with Gasteiger partial charge < -0.3 is 20.5 Å². The predicted molar refractivity (Wildman–Crippen MR) is 155 cm³/mol. The zero-order chi connectivity index (χ0) is 25.7. The molecule has 4 aromatic rings. The van der Waals surface area contributed by atoms with Crippen LogP contribution in [0, 0.1) is 0 Å². The summed E-state index contributed by atoms with van der Waals surface area (Å²) < 4.78 is 2.46. The number of nitrogens with one attached hydrogen (secondary N) is 1. The zero-order valence-electron chi connectivity index (χ0n) is 22.5. The van der Waals surface area contributed by atoms with Crippen LogP contribution in [0.25, 0.3) is 21.8 Å². The van der Waals surface area contributed by atoms with E-state index in [4.69, 9.17) is 15.7 Å². The molecule has 0 unspecified atom stereocenters. The number of aryl methyl sites for hydroxylation is 2. The third kappa shape index (κ3) is 5.21. The maximum atomic E-state index is 5.96. The molecule has 1 aliphatic heterocycles. The zero-order valence-corrected chi connectivity index (χ0v) is 22.5. The lowest BCUT2D eigenvalue weighted by molar-refractivity contribution is 0.148. The highest BCUT2D eigenvalue weighted by atomic mass is 15.2. The van der Waals surface area contributed by atoms with Crippen LogP contribution in [0.5, 0.6) is 0 Å². The van der Waals surface area contributed by atoms with E-state index in [1.807, 2.05) is 12.4 Å². The Morgan fingerprint density at radius 2 is 1.84 bits per heavy atom. The average molecular weight is 512 g/mol. The number of fused-ring (bicyclic) bond motifs is 4. The summed E-state index contributed by atoms with van der Waals surface area (Å²) in [6.45, 7) is 9.12. The SMILES string of the molecule is NCCCn1c2ccccc2c2ccnc(CN(CCCN3CCNCC3)[C@H]3CCCc4cccnc43)c21. The molecule has 7 nitrogen and oxygen atoms in total. The third-order valence-corrected chi connectivity index (χ3v) is 8.43. The topological polar surface area (TPSA) is 75.2 Å². The Labute approximate surface area is 226 Å². The van der Waals surface area contributed by atoms with E-state index >= 15 is 0 Å². The van der Waals surface area contributed by atoms with Crippen molar-refractivity contribution in [3.8, 4) is 0 Å². The van der Waals surface area contributed by atoms with E-state index in [1.54, 1.807) is 0 Å². The number of hydrogen-bond donors (Lipinski definition) is 2. The molecule has 200 valence electrons. The molecule has 1 fully saturated rings. The van der Waals surface area contributed by atoms with Crippen LogP contribution >= 0.6 is 0 Å². The molecule has 1 aromatic carbocycles. The number of piperazine rings is 1. The summed E-state index contributed by atoms with van der Waals surface area (Å²) in [4.78, 5) is 15.2. The fourth-order valence-corrected chi connectivity index (χ4v) is 6.58. The van der Waals surface area contributed by atoms with Crippen LogP contribution in [-0.4, -0.2) is 70.1 Å². The van der Waals surface area contributed by atoms with Crippen molar-refractivity contribution >= 4 is 21.8 Å². The monoisotopic (exact) mass is 511 g/mol. The van der Waals surface area contributed by atoms with Crippen molar-refractivity contribution in [3.63, 3.8) is 0 Å². The highest BCUT2D eigenvalue weighted by Gasteiger charge is 2.28. The quantitative estimate of drug-likeness (QED) is 0.334. The first kappa shape index (κ1) is 25.4. The van der Waals surface area contributed by atoms with Gasteiger partial charge >= 0.3 is 0 Å². The van der Waals surface area contributed by atoms with Crippen LogP contribution < -0.4 is 11.1 Å². The van der Waals surface area contributed by atoms with Gasteiger partial charge in [-0.25, -0.2) is 0 Å². The summed E-state index contributed by atoms with van der Waals surface area (Å²) in [6.07, 6.45) is 9.59. The van der Waals surface area contributed by atoms with Crippen LogP contribution in [0.2, 0.25) is 0 Å². The fraction of sp³-hybridized carbons (Fsp3) is 0.484. The Kier molecular flexibility index (Phi) is 7.97. The fourth-order valence-electron chi connectivity index (χ4n) is 6.58. The molecule has 4 heterocycles. The van der Waals surface area contributed by atoms with E-state index in [2.05, 4.69) is 62.1 Å². The number of benzene rings is 1. The first-order valence-corrected chi connectivity index (χ1v) is 14.5. The molecule has 1 atom stereocenters. The highest BCUT2D eigenvalue weighted by molar-refractivity contribution is 6.08. The summed E-state index contributed by atoms with van der Waals surface area (Å²) in [5.74, 6) is 0. The number of pyridine rings is 2. The van der Waals surface area contributed by atoms with Crippen molar-refractivity contribution in [1.82, 2.24) is 29.7 Å². The lowest BCUT2D eigenvalue weighted by Crippen LogP contribution is -2.44. The second-order valence-electron chi connectivity index (χ2n) is 10.8. The number of nitrogens with zero attached hydrogens (tertiary/aromatic N) is 5. The standard InChI is InChI=1S/C31H41N7/c32-13-5-20-38-28-10-2-1-9-25(28)26-12-15-34-27(31(26)38)23-37(19-6-18-36-21-16-33-17-22-36)29-11-3-7-24-8-4-14-35-30(24)29/h1-2,4,8-10,12,14-15,29,33H,3,5-7,11,13,16-23,32H2/t29-/m0/s1. The Morgan fingerprint density at radius 1 is 0.947 bits per heavy atom. The van der Waals surface area contributed by atoms with Crippen molar-refractivity contribution in [2.75, 3.05) is 45.8 Å². The number of rotatable bonds is 10. The van der Waals surface area contributed by atoms with Crippen molar-refractivity contribution in [2.45, 2.75) is 51.2 Å². The second kappa shape index (κ2) is 11.9. The molecule has 38 heavy (non-hydrogen) atoms. The molecule has 0 spiro atoms. The van der Waals surface area contributed by atoms with Gasteiger partial charge in [0.25, 0.3) is 0 Å². The summed E-state index contributed by atoms with van der Waals surface area (Å²) in [6, 6.07) is 15.6. The maximum Gasteiger partial charge on any atom is 0.0786 e. The molecule has 1 aliphatic carbocycles. The third-order valence-electron chi connectivity index (χ3n) is 8.43. The minimum atomic E-state index is 0.335. The van der Waals surface area contributed by atoms with E-state index in [-0.39, 0.29) is 0 Å². The van der Waals surface area contributed by atoms with Crippen LogP contribution in [0.4, 0.5) is 0 Å². The van der Waals surface area contributed by atoms with Crippen LogP contribution in [0.3, 0.4) is 0 Å². The summed E-state index contributed by atoms with van der Waals surface area (Å²) in [7, 11) is 0. The van der Waals surface area contributed by atoms with Gasteiger partial charge in [0, 0.05) is 74.5 Å². The van der Waals surface area contributed by atoms with Crippen LogP contribution in [-0.2, 0) is 19.5 Å². The van der Waals surface area contributed by atoms with Gasteiger partial charge in [-0.05, 0) is 69.0 Å². The number of hydrogen-bond acceptors (Lipinski definition) is 6. The van der Waals surface area contributed by atoms with E-state index in [0.717, 1.165) is 78.0 Å². The second-order valence-corrected chi connectivity index (χ2v) is 10.8. The highest BCUT2D eigenvalue weighted by Crippen LogP contribution is 2.36. The van der Waals surface area contributed by atoms with Gasteiger partial charge in [-0.15, -0.1) is 0 Å². The summed E-state index contributed by atoms with van der Waals surface area (Å²) in [5, 5.41) is 6.08. The van der Waals surface area contributed by atoms with E-state index in [1.165, 1.54) is 45.2 Å². The maximum absolute atomic E-state index is 5.96. The molecule has 1 saturated heterocycles. The Hall–Kier alpha value is -2.84. The van der Waals surface area contributed by atoms with Gasteiger partial charge in [0.15, 0.2) is 0 Å². The summed E-state index contributed by atoms with van der Waals surface area (Å²) >= 11 is 0. The minimum Gasteiger partial charge on any atom is -0.339 e. The van der Waals surface area contributed by atoms with Gasteiger partial charge in [0.2, 0.25) is 0 Å². The predicted octanol–water partition coefficient (Wildman–Crippen LogP) is 4.11. The minimum absolute atomic E-state index is 0.335. The molecule has 0 bridgehead atoms. The molecule has 2 aliphatic rings. The molecule has 7 heteroatoms. The molecule has 3 aromatic heterocycles. The van der Waals surface area contributed by atoms with E-state index < -0.39 is 0 Å². The van der Waals surface area contributed by atoms with Crippen molar-refractivity contribution < 1.29 is 0 Å². The Bertz CT molecular complexity index is 1360. The number of nitrogens with two attached hydrogens (primary N) is 1. The largest absolute Gasteiger partial charge is 0.339 e. The first-order chi connectivity index (χ1) is 18.8. The Balaban J connectivity index is 1.35. The van der Waals surface area contributed by atoms with Gasteiger partial charge in [-0.2, -0.15) is 0 Å².